The molecule has 1 atom stereocenters. The maximum atomic E-state index is 11.3. The third-order valence-electron chi connectivity index (χ3n) is 2.82. The van der Waals surface area contributed by atoms with Crippen LogP contribution in [0.4, 0.5) is 0 Å². The third kappa shape index (κ3) is 2.28. The van der Waals surface area contributed by atoms with Gasteiger partial charge in [0.25, 0.3) is 0 Å². The van der Waals surface area contributed by atoms with Crippen LogP contribution < -0.4 is 5.32 Å². The summed E-state index contributed by atoms with van der Waals surface area (Å²) in [4.78, 5) is 11.3. The number of carboxylic acid groups (broad SMARTS) is 1. The molecule has 2 rings (SSSR count). The van der Waals surface area contributed by atoms with Crippen molar-refractivity contribution >= 4 is 16.9 Å². The lowest BCUT2D eigenvalue weighted by atomic mass is 10.1. The van der Waals surface area contributed by atoms with E-state index in [-0.39, 0.29) is 11.6 Å². The molecule has 18 heavy (non-hydrogen) atoms. The largest absolute Gasteiger partial charge is 0.478 e. The highest BCUT2D eigenvalue weighted by molar-refractivity contribution is 6.03. The Labute approximate surface area is 105 Å². The molecule has 0 fully saturated rings. The summed E-state index contributed by atoms with van der Waals surface area (Å²) in [6, 6.07) is 7.24. The van der Waals surface area contributed by atoms with Crippen LogP contribution in [0.15, 0.2) is 41.3 Å². The van der Waals surface area contributed by atoms with Crippen LogP contribution in [0.25, 0.3) is 11.0 Å². The minimum Gasteiger partial charge on any atom is -0.478 e. The van der Waals surface area contributed by atoms with Crippen LogP contribution in [0.3, 0.4) is 0 Å². The number of benzene rings is 1. The maximum absolute atomic E-state index is 11.3. The molecule has 0 amide bonds. The number of nitrogens with one attached hydrogen (secondary N) is 1. The fraction of sp³-hybridized carbons (Fsp3) is 0.214. The fourth-order valence-electron chi connectivity index (χ4n) is 1.79. The number of aromatic carboxylic acids is 1. The molecule has 1 aromatic carbocycles. The Morgan fingerprint density at radius 3 is 2.94 bits per heavy atom. The van der Waals surface area contributed by atoms with Crippen molar-refractivity contribution in [2.45, 2.75) is 19.5 Å². The van der Waals surface area contributed by atoms with Gasteiger partial charge in [-0.2, -0.15) is 0 Å². The van der Waals surface area contributed by atoms with E-state index < -0.39 is 5.97 Å². The van der Waals surface area contributed by atoms with Crippen LogP contribution in [0, 0.1) is 0 Å². The molecule has 0 bridgehead atoms. The summed E-state index contributed by atoms with van der Waals surface area (Å²) in [6.07, 6.45) is 1.75. The Morgan fingerprint density at radius 1 is 1.56 bits per heavy atom. The van der Waals surface area contributed by atoms with Crippen molar-refractivity contribution in [3.63, 3.8) is 0 Å². The van der Waals surface area contributed by atoms with E-state index in [0.29, 0.717) is 23.3 Å². The SMILES string of the molecule is C=CC(C)NCc1oc2ccccc2c1C(=O)O. The molecule has 1 heterocycles. The quantitative estimate of drug-likeness (QED) is 0.795. The van der Waals surface area contributed by atoms with E-state index in [0.717, 1.165) is 0 Å². The Hall–Kier alpha value is -2.07. The number of para-hydroxylation sites is 1. The summed E-state index contributed by atoms with van der Waals surface area (Å²) < 4.78 is 5.58. The molecule has 94 valence electrons. The lowest BCUT2D eigenvalue weighted by Gasteiger charge is -2.07. The molecule has 2 aromatic rings. The highest BCUT2D eigenvalue weighted by Crippen LogP contribution is 2.25. The molecule has 1 unspecified atom stereocenters. The van der Waals surface area contributed by atoms with Crippen LogP contribution in [0.2, 0.25) is 0 Å². The molecular formula is C14H15NO3. The van der Waals surface area contributed by atoms with Gasteiger partial charge in [0, 0.05) is 11.4 Å². The molecular weight excluding hydrogens is 230 g/mol. The third-order valence-corrected chi connectivity index (χ3v) is 2.82. The molecule has 0 aliphatic rings. The van der Waals surface area contributed by atoms with Crippen molar-refractivity contribution in [1.29, 1.82) is 0 Å². The number of hydrogen-bond acceptors (Lipinski definition) is 3. The van der Waals surface area contributed by atoms with Crippen LogP contribution in [0.5, 0.6) is 0 Å². The summed E-state index contributed by atoms with van der Waals surface area (Å²) in [5.41, 5.74) is 0.826. The first-order chi connectivity index (χ1) is 8.63. The van der Waals surface area contributed by atoms with Crippen LogP contribution in [-0.4, -0.2) is 17.1 Å². The number of carbonyl (C=O) groups is 1. The minimum atomic E-state index is -0.969. The number of fused-ring (bicyclic) bond motifs is 1. The Bertz CT molecular complexity index is 586. The average Bonchev–Trinajstić information content (AvgIpc) is 2.74. The summed E-state index contributed by atoms with van der Waals surface area (Å²) in [5.74, 6) is -0.527. The zero-order chi connectivity index (χ0) is 13.1. The molecule has 4 heteroatoms. The molecule has 0 aliphatic carbocycles. The van der Waals surface area contributed by atoms with Crippen molar-refractivity contribution in [1.82, 2.24) is 5.32 Å². The van der Waals surface area contributed by atoms with Crippen molar-refractivity contribution in [3.8, 4) is 0 Å². The standard InChI is InChI=1S/C14H15NO3/c1-3-9(2)15-8-12-13(14(16)17)10-6-4-5-7-11(10)18-12/h3-7,9,15H,1,8H2,2H3,(H,16,17). The van der Waals surface area contributed by atoms with E-state index in [1.54, 1.807) is 24.3 Å². The molecule has 4 nitrogen and oxygen atoms in total. The molecule has 2 N–H and O–H groups in total. The van der Waals surface area contributed by atoms with Crippen molar-refractivity contribution < 1.29 is 14.3 Å². The second kappa shape index (κ2) is 5.06. The lowest BCUT2D eigenvalue weighted by Crippen LogP contribution is -2.23. The van der Waals surface area contributed by atoms with E-state index >= 15 is 0 Å². The van der Waals surface area contributed by atoms with Gasteiger partial charge >= 0.3 is 5.97 Å². The summed E-state index contributed by atoms with van der Waals surface area (Å²) >= 11 is 0. The zero-order valence-electron chi connectivity index (χ0n) is 10.1. The summed E-state index contributed by atoms with van der Waals surface area (Å²) in [6.45, 7) is 5.97. The van der Waals surface area contributed by atoms with Gasteiger partial charge in [0.05, 0.1) is 6.54 Å². The van der Waals surface area contributed by atoms with Crippen LogP contribution >= 0.6 is 0 Å². The zero-order valence-corrected chi connectivity index (χ0v) is 10.1. The molecule has 0 saturated carbocycles. The van der Waals surface area contributed by atoms with Crippen molar-refractivity contribution in [2.75, 3.05) is 0 Å². The highest BCUT2D eigenvalue weighted by Gasteiger charge is 2.19. The topological polar surface area (TPSA) is 62.5 Å². The van der Waals surface area contributed by atoms with E-state index in [1.165, 1.54) is 0 Å². The van der Waals surface area contributed by atoms with E-state index in [4.69, 9.17) is 4.42 Å². The monoisotopic (exact) mass is 245 g/mol. The molecule has 1 aromatic heterocycles. The van der Waals surface area contributed by atoms with Gasteiger partial charge in [-0.3, -0.25) is 0 Å². The van der Waals surface area contributed by atoms with Gasteiger partial charge in [0.1, 0.15) is 16.9 Å². The van der Waals surface area contributed by atoms with Crippen LogP contribution in [-0.2, 0) is 6.54 Å². The van der Waals surface area contributed by atoms with Gasteiger partial charge in [-0.05, 0) is 13.0 Å². The molecule has 0 aliphatic heterocycles. The van der Waals surface area contributed by atoms with E-state index in [9.17, 15) is 9.90 Å². The Balaban J connectivity index is 2.40. The van der Waals surface area contributed by atoms with Crippen LogP contribution in [0.1, 0.15) is 23.0 Å². The number of hydrogen-bond donors (Lipinski definition) is 2. The number of furan rings is 1. The van der Waals surface area contributed by atoms with E-state index in [2.05, 4.69) is 11.9 Å². The second-order valence-electron chi connectivity index (χ2n) is 4.11. The average molecular weight is 245 g/mol. The lowest BCUT2D eigenvalue weighted by molar-refractivity contribution is 0.0696. The van der Waals surface area contributed by atoms with Gasteiger partial charge < -0.3 is 14.8 Å². The summed E-state index contributed by atoms with van der Waals surface area (Å²) in [7, 11) is 0. The van der Waals surface area contributed by atoms with Crippen molar-refractivity contribution in [3.05, 3.63) is 48.2 Å². The predicted octanol–water partition coefficient (Wildman–Crippen LogP) is 2.80. The number of carboxylic acids is 1. The Kier molecular flexibility index (Phi) is 3.48. The first kappa shape index (κ1) is 12.4. The highest BCUT2D eigenvalue weighted by atomic mass is 16.4. The van der Waals surface area contributed by atoms with Gasteiger partial charge in [-0.15, -0.1) is 6.58 Å². The van der Waals surface area contributed by atoms with Gasteiger partial charge in [0.15, 0.2) is 0 Å². The maximum Gasteiger partial charge on any atom is 0.339 e. The first-order valence-electron chi connectivity index (χ1n) is 5.73. The summed E-state index contributed by atoms with van der Waals surface area (Å²) in [5, 5.41) is 13.0. The normalized spacial score (nSPS) is 12.5. The second-order valence-corrected chi connectivity index (χ2v) is 4.11. The van der Waals surface area contributed by atoms with Gasteiger partial charge in [0.2, 0.25) is 0 Å². The fourth-order valence-corrected chi connectivity index (χ4v) is 1.79. The first-order valence-corrected chi connectivity index (χ1v) is 5.73. The molecule has 0 radical (unpaired) electrons. The molecule has 0 saturated heterocycles. The smallest absolute Gasteiger partial charge is 0.339 e. The molecule has 0 spiro atoms. The Morgan fingerprint density at radius 2 is 2.28 bits per heavy atom. The van der Waals surface area contributed by atoms with Crippen molar-refractivity contribution in [2.24, 2.45) is 0 Å². The van der Waals surface area contributed by atoms with Gasteiger partial charge in [-0.1, -0.05) is 24.3 Å². The number of rotatable bonds is 5. The minimum absolute atomic E-state index is 0.0971. The van der Waals surface area contributed by atoms with E-state index in [1.807, 2.05) is 13.0 Å². The predicted molar refractivity (Wildman–Crippen MR) is 69.7 cm³/mol. The van der Waals surface area contributed by atoms with Gasteiger partial charge in [-0.25, -0.2) is 4.79 Å².